The fourth-order valence-corrected chi connectivity index (χ4v) is 3.06. The monoisotopic (exact) mass is 282 g/mol. The molecule has 0 bridgehead atoms. The largest absolute Gasteiger partial charge is 0.495 e. The molecule has 0 amide bonds. The summed E-state index contributed by atoms with van der Waals surface area (Å²) in [6, 6.07) is 6.94. The number of methoxy groups -OCH3 is 1. The quantitative estimate of drug-likeness (QED) is 0.917. The number of rotatable bonds is 4. The Morgan fingerprint density at radius 1 is 1.47 bits per heavy atom. The second-order valence-electron chi connectivity index (χ2n) is 5.14. The molecule has 1 aromatic rings. The first-order chi connectivity index (χ1) is 9.15. The van der Waals surface area contributed by atoms with Gasteiger partial charge in [-0.2, -0.15) is 0 Å². The summed E-state index contributed by atoms with van der Waals surface area (Å²) in [6.07, 6.45) is 2.32. The maximum Gasteiger partial charge on any atom is 0.142 e. The van der Waals surface area contributed by atoms with Crippen LogP contribution in [0.4, 0.5) is 5.69 Å². The highest BCUT2D eigenvalue weighted by Crippen LogP contribution is 2.35. The van der Waals surface area contributed by atoms with E-state index >= 15 is 0 Å². The Morgan fingerprint density at radius 3 is 2.89 bits per heavy atom. The van der Waals surface area contributed by atoms with Crippen LogP contribution in [-0.2, 0) is 0 Å². The van der Waals surface area contributed by atoms with E-state index in [1.54, 1.807) is 7.11 Å². The van der Waals surface area contributed by atoms with E-state index < -0.39 is 0 Å². The van der Waals surface area contributed by atoms with Crippen LogP contribution >= 0.6 is 11.6 Å². The summed E-state index contributed by atoms with van der Waals surface area (Å²) >= 11 is 6.12. The Balaban J connectivity index is 2.16. The summed E-state index contributed by atoms with van der Waals surface area (Å²) in [6.45, 7) is 6.51. The van der Waals surface area contributed by atoms with Gasteiger partial charge in [-0.15, -0.1) is 0 Å². The molecule has 1 aliphatic rings. The van der Waals surface area contributed by atoms with Gasteiger partial charge in [-0.3, -0.25) is 0 Å². The van der Waals surface area contributed by atoms with Crippen molar-refractivity contribution < 1.29 is 4.74 Å². The van der Waals surface area contributed by atoms with Crippen LogP contribution in [-0.4, -0.2) is 32.3 Å². The molecule has 2 atom stereocenters. The predicted octanol–water partition coefficient (Wildman–Crippen LogP) is 3.32. The molecule has 1 aromatic carbocycles. The molecular weight excluding hydrogens is 260 g/mol. The number of hydrogen-bond donors (Lipinski definition) is 1. The van der Waals surface area contributed by atoms with Crippen LogP contribution in [0.1, 0.15) is 26.7 Å². The van der Waals surface area contributed by atoms with Gasteiger partial charge < -0.3 is 15.0 Å². The van der Waals surface area contributed by atoms with Crippen molar-refractivity contribution in [1.29, 1.82) is 0 Å². The topological polar surface area (TPSA) is 24.5 Å². The summed E-state index contributed by atoms with van der Waals surface area (Å²) in [4.78, 5) is 2.40. The lowest BCUT2D eigenvalue weighted by molar-refractivity contribution is 0.366. The van der Waals surface area contributed by atoms with Gasteiger partial charge in [-0.05, 0) is 44.5 Å². The molecule has 0 aliphatic carbocycles. The maximum absolute atomic E-state index is 6.12. The second kappa shape index (κ2) is 6.49. The van der Waals surface area contributed by atoms with Gasteiger partial charge in [0.25, 0.3) is 0 Å². The van der Waals surface area contributed by atoms with Crippen molar-refractivity contribution in [2.24, 2.45) is 0 Å². The van der Waals surface area contributed by atoms with Crippen LogP contribution in [0.5, 0.6) is 5.75 Å². The van der Waals surface area contributed by atoms with Crippen molar-refractivity contribution >= 4 is 17.3 Å². The lowest BCUT2D eigenvalue weighted by Crippen LogP contribution is -2.47. The molecule has 1 saturated heterocycles. The van der Waals surface area contributed by atoms with Crippen molar-refractivity contribution in [1.82, 2.24) is 5.32 Å². The Bertz CT molecular complexity index is 425. The molecule has 1 heterocycles. The number of halogens is 1. The molecule has 3 nitrogen and oxygen atoms in total. The Morgan fingerprint density at radius 2 is 2.26 bits per heavy atom. The van der Waals surface area contributed by atoms with E-state index in [-0.39, 0.29) is 0 Å². The second-order valence-corrected chi connectivity index (χ2v) is 5.57. The number of anilines is 1. The molecule has 0 aromatic heterocycles. The normalized spacial score (nSPS) is 23.5. The zero-order chi connectivity index (χ0) is 13.8. The van der Waals surface area contributed by atoms with Crippen LogP contribution in [0.25, 0.3) is 0 Å². The first kappa shape index (κ1) is 14.5. The van der Waals surface area contributed by atoms with Gasteiger partial charge >= 0.3 is 0 Å². The van der Waals surface area contributed by atoms with Crippen molar-refractivity contribution in [2.45, 2.75) is 38.8 Å². The minimum atomic E-state index is 0.491. The summed E-state index contributed by atoms with van der Waals surface area (Å²) in [5.74, 6) is 0.901. The van der Waals surface area contributed by atoms with E-state index in [1.807, 2.05) is 18.2 Å². The van der Waals surface area contributed by atoms with Crippen LogP contribution in [0, 0.1) is 0 Å². The molecule has 1 N–H and O–H groups in total. The first-order valence-electron chi connectivity index (χ1n) is 6.99. The third kappa shape index (κ3) is 3.34. The van der Waals surface area contributed by atoms with Gasteiger partial charge in [0.15, 0.2) is 0 Å². The molecule has 0 saturated carbocycles. The standard InChI is InChI=1S/C15H23ClN2O/c1-4-17-13-7-8-18(11(2)9-13)14-10-12(16)5-6-15(14)19-3/h5-6,10-11,13,17H,4,7-9H2,1-3H3. The van der Waals surface area contributed by atoms with Gasteiger partial charge in [-0.1, -0.05) is 18.5 Å². The lowest BCUT2D eigenvalue weighted by Gasteiger charge is -2.40. The van der Waals surface area contributed by atoms with Gasteiger partial charge in [0.05, 0.1) is 12.8 Å². The molecule has 0 spiro atoms. The van der Waals surface area contributed by atoms with E-state index in [4.69, 9.17) is 16.3 Å². The SMILES string of the molecule is CCNC1CCN(c2cc(Cl)ccc2OC)C(C)C1. The highest BCUT2D eigenvalue weighted by atomic mass is 35.5. The van der Waals surface area contributed by atoms with Crippen molar-refractivity contribution in [3.05, 3.63) is 23.2 Å². The third-order valence-corrected chi connectivity index (χ3v) is 4.05. The van der Waals surface area contributed by atoms with Crippen molar-refractivity contribution in [2.75, 3.05) is 25.1 Å². The van der Waals surface area contributed by atoms with Gasteiger partial charge in [-0.25, -0.2) is 0 Å². The van der Waals surface area contributed by atoms with Crippen LogP contribution in [0.15, 0.2) is 18.2 Å². The molecule has 0 radical (unpaired) electrons. The summed E-state index contributed by atoms with van der Waals surface area (Å²) < 4.78 is 5.46. The first-order valence-corrected chi connectivity index (χ1v) is 7.37. The number of benzene rings is 1. The van der Waals surface area contributed by atoms with E-state index in [0.717, 1.165) is 42.4 Å². The number of piperidine rings is 1. The molecule has 106 valence electrons. The molecular formula is C15H23ClN2O. The van der Waals surface area contributed by atoms with Gasteiger partial charge in [0.2, 0.25) is 0 Å². The summed E-state index contributed by atoms with van der Waals surface area (Å²) in [5.41, 5.74) is 1.11. The highest BCUT2D eigenvalue weighted by Gasteiger charge is 2.26. The Hall–Kier alpha value is -0.930. The number of nitrogens with one attached hydrogen (secondary N) is 1. The molecule has 2 unspecified atom stereocenters. The van der Waals surface area contributed by atoms with Crippen molar-refractivity contribution in [3.63, 3.8) is 0 Å². The van der Waals surface area contributed by atoms with Crippen LogP contribution in [0.2, 0.25) is 5.02 Å². The highest BCUT2D eigenvalue weighted by molar-refractivity contribution is 6.30. The zero-order valence-electron chi connectivity index (χ0n) is 11.9. The minimum Gasteiger partial charge on any atom is -0.495 e. The van der Waals surface area contributed by atoms with Gasteiger partial charge in [0.1, 0.15) is 5.75 Å². The smallest absolute Gasteiger partial charge is 0.142 e. The van der Waals surface area contributed by atoms with Crippen molar-refractivity contribution in [3.8, 4) is 5.75 Å². The van der Waals surface area contributed by atoms with Gasteiger partial charge in [0, 0.05) is 23.7 Å². The summed E-state index contributed by atoms with van der Waals surface area (Å²) in [5, 5.41) is 4.30. The Kier molecular flexibility index (Phi) is 4.94. The Labute approximate surface area is 120 Å². The summed E-state index contributed by atoms with van der Waals surface area (Å²) in [7, 11) is 1.71. The van der Waals surface area contributed by atoms with E-state index in [0.29, 0.717) is 12.1 Å². The third-order valence-electron chi connectivity index (χ3n) is 3.82. The molecule has 1 fully saturated rings. The fraction of sp³-hybridized carbons (Fsp3) is 0.600. The fourth-order valence-electron chi connectivity index (χ4n) is 2.89. The van der Waals surface area contributed by atoms with E-state index in [1.165, 1.54) is 0 Å². The average molecular weight is 283 g/mol. The predicted molar refractivity (Wildman–Crippen MR) is 81.5 cm³/mol. The zero-order valence-corrected chi connectivity index (χ0v) is 12.7. The molecule has 1 aliphatic heterocycles. The van der Waals surface area contributed by atoms with Crippen LogP contribution in [0.3, 0.4) is 0 Å². The number of ether oxygens (including phenoxy) is 1. The minimum absolute atomic E-state index is 0.491. The average Bonchev–Trinajstić information content (AvgIpc) is 2.39. The number of hydrogen-bond acceptors (Lipinski definition) is 3. The molecule has 2 rings (SSSR count). The molecule has 19 heavy (non-hydrogen) atoms. The number of nitrogens with zero attached hydrogens (tertiary/aromatic N) is 1. The lowest BCUT2D eigenvalue weighted by atomic mass is 9.97. The van der Waals surface area contributed by atoms with E-state index in [9.17, 15) is 0 Å². The van der Waals surface area contributed by atoms with Crippen LogP contribution < -0.4 is 15.0 Å². The van der Waals surface area contributed by atoms with E-state index in [2.05, 4.69) is 24.1 Å². The maximum atomic E-state index is 6.12. The molecule has 4 heteroatoms.